The highest BCUT2D eigenvalue weighted by atomic mass is 15.3. The highest BCUT2D eigenvalue weighted by Gasteiger charge is 2.28. The van der Waals surface area contributed by atoms with Crippen LogP contribution in [0.15, 0.2) is 48.5 Å². The number of hydrogen-bond donors (Lipinski definition) is 0. The van der Waals surface area contributed by atoms with Crippen LogP contribution >= 0.6 is 0 Å². The fourth-order valence-corrected chi connectivity index (χ4v) is 4.42. The molecule has 4 heteroatoms. The third kappa shape index (κ3) is 3.94. The summed E-state index contributed by atoms with van der Waals surface area (Å²) in [5.41, 5.74) is 4.56. The summed E-state index contributed by atoms with van der Waals surface area (Å²) in [6.07, 6.45) is 2.48. The Bertz CT molecular complexity index is 792. The van der Waals surface area contributed by atoms with Gasteiger partial charge in [-0.25, -0.2) is 0 Å². The molecule has 0 bridgehead atoms. The second-order valence-electron chi connectivity index (χ2n) is 7.71. The molecule has 4 nitrogen and oxygen atoms in total. The van der Waals surface area contributed by atoms with E-state index in [1.165, 1.54) is 24.1 Å². The van der Waals surface area contributed by atoms with Gasteiger partial charge in [-0.1, -0.05) is 29.8 Å². The van der Waals surface area contributed by atoms with Crippen molar-refractivity contribution in [3.63, 3.8) is 0 Å². The molecule has 4 rings (SSSR count). The Morgan fingerprint density at radius 3 is 2.15 bits per heavy atom. The minimum atomic E-state index is 0.694. The molecule has 0 unspecified atom stereocenters. The highest BCUT2D eigenvalue weighted by Crippen LogP contribution is 2.26. The van der Waals surface area contributed by atoms with E-state index < -0.39 is 0 Å². The molecule has 0 spiro atoms. The monoisotopic (exact) mass is 360 g/mol. The maximum Gasteiger partial charge on any atom is 0.101 e. The largest absolute Gasteiger partial charge is 0.371 e. The number of nitriles is 1. The first-order valence-corrected chi connectivity index (χ1v) is 10.0. The van der Waals surface area contributed by atoms with Crippen LogP contribution in [0.25, 0.3) is 0 Å². The molecule has 140 valence electrons. The average molecular weight is 361 g/mol. The minimum Gasteiger partial charge on any atom is -0.371 e. The summed E-state index contributed by atoms with van der Waals surface area (Å²) in [5, 5.41) is 9.35. The number of anilines is 2. The summed E-state index contributed by atoms with van der Waals surface area (Å²) in [7, 11) is 0. The summed E-state index contributed by atoms with van der Waals surface area (Å²) >= 11 is 0. The lowest BCUT2D eigenvalue weighted by molar-refractivity contribution is 0.160. The Labute approximate surface area is 162 Å². The van der Waals surface area contributed by atoms with Crippen molar-refractivity contribution in [2.24, 2.45) is 0 Å². The van der Waals surface area contributed by atoms with Crippen molar-refractivity contribution >= 4 is 11.4 Å². The molecule has 2 aromatic carbocycles. The zero-order valence-corrected chi connectivity index (χ0v) is 16.1. The van der Waals surface area contributed by atoms with E-state index in [1.54, 1.807) is 0 Å². The number of nitrogens with zero attached hydrogens (tertiary/aromatic N) is 4. The fraction of sp³-hybridized carbons (Fsp3) is 0.435. The van der Waals surface area contributed by atoms with Gasteiger partial charge < -0.3 is 9.80 Å². The van der Waals surface area contributed by atoms with Crippen molar-refractivity contribution in [3.05, 3.63) is 59.7 Å². The second kappa shape index (κ2) is 8.02. The molecule has 0 aromatic heterocycles. The van der Waals surface area contributed by atoms with Crippen LogP contribution in [0.3, 0.4) is 0 Å². The third-order valence-corrected chi connectivity index (χ3v) is 6.06. The molecule has 2 saturated heterocycles. The Morgan fingerprint density at radius 2 is 1.48 bits per heavy atom. The van der Waals surface area contributed by atoms with Crippen molar-refractivity contribution < 1.29 is 0 Å². The van der Waals surface area contributed by atoms with Crippen LogP contribution < -0.4 is 9.80 Å². The molecule has 0 N–H and O–H groups in total. The first-order valence-electron chi connectivity index (χ1n) is 10.0. The standard InChI is InChI=1S/C23H28N4/c1-19-6-8-21(9-7-19)25-12-10-22(11-13-25)26-14-16-27(17-15-26)23-5-3-2-4-20(23)18-24/h2-9,22H,10-17H2,1H3. The molecule has 0 aliphatic carbocycles. The fourth-order valence-electron chi connectivity index (χ4n) is 4.42. The van der Waals surface area contributed by atoms with E-state index in [2.05, 4.69) is 58.0 Å². The maximum absolute atomic E-state index is 9.35. The molecule has 2 heterocycles. The number of piperazine rings is 1. The van der Waals surface area contributed by atoms with E-state index in [-0.39, 0.29) is 0 Å². The summed E-state index contributed by atoms with van der Waals surface area (Å²) in [6, 6.07) is 19.9. The second-order valence-corrected chi connectivity index (χ2v) is 7.71. The molecule has 2 aliphatic rings. The first kappa shape index (κ1) is 17.9. The molecular weight excluding hydrogens is 332 g/mol. The summed E-state index contributed by atoms with van der Waals surface area (Å²) in [4.78, 5) is 7.56. The van der Waals surface area contributed by atoms with E-state index in [4.69, 9.17) is 0 Å². The van der Waals surface area contributed by atoms with Gasteiger partial charge in [-0.15, -0.1) is 0 Å². The van der Waals surface area contributed by atoms with Crippen LogP contribution in [0, 0.1) is 18.3 Å². The van der Waals surface area contributed by atoms with E-state index in [0.717, 1.165) is 50.5 Å². The highest BCUT2D eigenvalue weighted by molar-refractivity contribution is 5.59. The van der Waals surface area contributed by atoms with Gasteiger partial charge in [-0.05, 0) is 44.0 Å². The maximum atomic E-state index is 9.35. The van der Waals surface area contributed by atoms with Crippen LogP contribution in [0.5, 0.6) is 0 Å². The van der Waals surface area contributed by atoms with Crippen molar-refractivity contribution in [2.75, 3.05) is 49.1 Å². The molecule has 2 aliphatic heterocycles. The van der Waals surface area contributed by atoms with Crippen molar-refractivity contribution in [3.8, 4) is 6.07 Å². The Morgan fingerprint density at radius 1 is 0.815 bits per heavy atom. The normalized spacial score (nSPS) is 19.1. The number of piperidine rings is 1. The van der Waals surface area contributed by atoms with Crippen LogP contribution in [-0.4, -0.2) is 50.2 Å². The molecule has 2 aromatic rings. The number of hydrogen-bond acceptors (Lipinski definition) is 4. The van der Waals surface area contributed by atoms with Gasteiger partial charge in [-0.3, -0.25) is 4.90 Å². The summed E-state index contributed by atoms with van der Waals surface area (Å²) in [6.45, 7) is 8.64. The average Bonchev–Trinajstić information content (AvgIpc) is 2.74. The number of rotatable bonds is 3. The summed E-state index contributed by atoms with van der Waals surface area (Å²) in [5.74, 6) is 0. The van der Waals surface area contributed by atoms with Crippen LogP contribution in [0.4, 0.5) is 11.4 Å². The lowest BCUT2D eigenvalue weighted by Crippen LogP contribution is -2.53. The van der Waals surface area contributed by atoms with Gasteiger partial charge in [0.05, 0.1) is 11.3 Å². The SMILES string of the molecule is Cc1ccc(N2CCC(N3CCN(c4ccccc4C#N)CC3)CC2)cc1. The number of benzene rings is 2. The smallest absolute Gasteiger partial charge is 0.101 e. The first-order chi connectivity index (χ1) is 13.2. The Kier molecular flexibility index (Phi) is 5.31. The van der Waals surface area contributed by atoms with Crippen molar-refractivity contribution in [1.82, 2.24) is 4.90 Å². The van der Waals surface area contributed by atoms with Gasteiger partial charge in [0, 0.05) is 51.0 Å². The molecule has 2 fully saturated rings. The van der Waals surface area contributed by atoms with Crippen LogP contribution in [0.2, 0.25) is 0 Å². The topological polar surface area (TPSA) is 33.5 Å². The zero-order chi connectivity index (χ0) is 18.6. The molecule has 27 heavy (non-hydrogen) atoms. The van der Waals surface area contributed by atoms with Gasteiger partial charge in [0.2, 0.25) is 0 Å². The van der Waals surface area contributed by atoms with Gasteiger partial charge in [0.1, 0.15) is 6.07 Å². The minimum absolute atomic E-state index is 0.694. The number of aryl methyl sites for hydroxylation is 1. The molecule has 0 radical (unpaired) electrons. The van der Waals surface area contributed by atoms with Crippen molar-refractivity contribution in [1.29, 1.82) is 5.26 Å². The molecule has 0 amide bonds. The van der Waals surface area contributed by atoms with E-state index in [1.807, 2.05) is 18.2 Å². The molecule has 0 atom stereocenters. The lowest BCUT2D eigenvalue weighted by Gasteiger charge is -2.44. The van der Waals surface area contributed by atoms with Crippen LogP contribution in [0.1, 0.15) is 24.0 Å². The zero-order valence-electron chi connectivity index (χ0n) is 16.1. The predicted octanol–water partition coefficient (Wildman–Crippen LogP) is 3.66. The lowest BCUT2D eigenvalue weighted by atomic mass is 10.0. The predicted molar refractivity (Wildman–Crippen MR) is 111 cm³/mol. The van der Waals surface area contributed by atoms with Gasteiger partial charge >= 0.3 is 0 Å². The van der Waals surface area contributed by atoms with Crippen LogP contribution in [-0.2, 0) is 0 Å². The Hall–Kier alpha value is -2.51. The van der Waals surface area contributed by atoms with Gasteiger partial charge in [-0.2, -0.15) is 5.26 Å². The Balaban J connectivity index is 1.31. The van der Waals surface area contributed by atoms with E-state index >= 15 is 0 Å². The van der Waals surface area contributed by atoms with E-state index in [9.17, 15) is 5.26 Å². The molecular formula is C23H28N4. The van der Waals surface area contributed by atoms with Crippen molar-refractivity contribution in [2.45, 2.75) is 25.8 Å². The van der Waals surface area contributed by atoms with Gasteiger partial charge in [0.15, 0.2) is 0 Å². The molecule has 0 saturated carbocycles. The van der Waals surface area contributed by atoms with Gasteiger partial charge in [0.25, 0.3) is 0 Å². The number of para-hydroxylation sites is 1. The van der Waals surface area contributed by atoms with E-state index in [0.29, 0.717) is 6.04 Å². The third-order valence-electron chi connectivity index (χ3n) is 6.06. The summed E-state index contributed by atoms with van der Waals surface area (Å²) < 4.78 is 0. The quantitative estimate of drug-likeness (QED) is 0.836.